The van der Waals surface area contributed by atoms with Gasteiger partial charge in [-0.3, -0.25) is 4.79 Å². The van der Waals surface area contributed by atoms with Crippen molar-refractivity contribution >= 4 is 41.3 Å². The van der Waals surface area contributed by atoms with E-state index in [0.717, 1.165) is 22.4 Å². The number of amides is 1. The lowest BCUT2D eigenvalue weighted by Gasteiger charge is -2.26. The fourth-order valence-electron chi connectivity index (χ4n) is 2.65. The smallest absolute Gasteiger partial charge is 0.335 e. The molecule has 0 unspecified atom stereocenters. The molecule has 5 heteroatoms. The molecule has 0 radical (unpaired) electrons. The minimum Gasteiger partial charge on any atom is -0.478 e. The van der Waals surface area contributed by atoms with E-state index >= 15 is 0 Å². The van der Waals surface area contributed by atoms with Crippen LogP contribution in [-0.2, 0) is 11.3 Å². The lowest BCUT2D eigenvalue weighted by atomic mass is 9.99. The van der Waals surface area contributed by atoms with Crippen molar-refractivity contribution in [2.24, 2.45) is 0 Å². The number of carbonyl (C=O) groups excluding carboxylic acids is 1. The van der Waals surface area contributed by atoms with Crippen LogP contribution in [0.25, 0.3) is 12.2 Å². The molecule has 0 spiro atoms. The second-order valence-electron chi connectivity index (χ2n) is 5.36. The number of aromatic carboxylic acids is 1. The zero-order valence-electron chi connectivity index (χ0n) is 12.4. The summed E-state index contributed by atoms with van der Waals surface area (Å²) < 4.78 is 0. The molecule has 2 aromatic carbocycles. The maximum absolute atomic E-state index is 12.1. The molecule has 1 aliphatic rings. The molecule has 1 aliphatic heterocycles. The molecule has 23 heavy (non-hydrogen) atoms. The van der Waals surface area contributed by atoms with Crippen LogP contribution in [0.15, 0.2) is 36.4 Å². The summed E-state index contributed by atoms with van der Waals surface area (Å²) in [7, 11) is 0. The van der Waals surface area contributed by atoms with E-state index in [9.17, 15) is 9.59 Å². The minimum atomic E-state index is -0.977. The van der Waals surface area contributed by atoms with Crippen molar-refractivity contribution in [1.29, 1.82) is 0 Å². The first-order valence-electron chi connectivity index (χ1n) is 7.07. The van der Waals surface area contributed by atoms with Crippen LogP contribution in [0.2, 0.25) is 5.02 Å². The van der Waals surface area contributed by atoms with E-state index in [2.05, 4.69) is 0 Å². The zero-order valence-corrected chi connectivity index (χ0v) is 13.2. The largest absolute Gasteiger partial charge is 0.478 e. The van der Waals surface area contributed by atoms with Gasteiger partial charge < -0.3 is 10.0 Å². The summed E-state index contributed by atoms with van der Waals surface area (Å²) in [6, 6.07) is 10.3. The minimum absolute atomic E-state index is 0.0860. The molecule has 0 bridgehead atoms. The Morgan fingerprint density at radius 3 is 2.52 bits per heavy atom. The Kier molecular flexibility index (Phi) is 3.92. The molecule has 0 saturated carbocycles. The summed E-state index contributed by atoms with van der Waals surface area (Å²) in [6.07, 6.45) is 3.70. The van der Waals surface area contributed by atoms with Crippen LogP contribution in [0.5, 0.6) is 0 Å². The molecule has 0 fully saturated rings. The average molecular weight is 328 g/mol. The van der Waals surface area contributed by atoms with Gasteiger partial charge >= 0.3 is 5.97 Å². The third-order valence-electron chi connectivity index (χ3n) is 3.82. The van der Waals surface area contributed by atoms with Crippen molar-refractivity contribution in [3.8, 4) is 0 Å². The van der Waals surface area contributed by atoms with Crippen molar-refractivity contribution < 1.29 is 14.7 Å². The SMILES string of the molecule is CC(=O)N1Cc2ccc(C(=O)O)cc2C=Cc2cc(Cl)ccc21. The summed E-state index contributed by atoms with van der Waals surface area (Å²) >= 11 is 6.05. The second-order valence-corrected chi connectivity index (χ2v) is 5.80. The molecular weight excluding hydrogens is 314 g/mol. The lowest BCUT2D eigenvalue weighted by molar-refractivity contribution is -0.116. The third-order valence-corrected chi connectivity index (χ3v) is 4.06. The van der Waals surface area contributed by atoms with Gasteiger partial charge in [0, 0.05) is 11.9 Å². The van der Waals surface area contributed by atoms with E-state index in [-0.39, 0.29) is 11.5 Å². The van der Waals surface area contributed by atoms with Gasteiger partial charge in [0.25, 0.3) is 0 Å². The number of hydrogen-bond donors (Lipinski definition) is 1. The Bertz CT molecular complexity index is 842. The first kappa shape index (κ1) is 15.3. The van der Waals surface area contributed by atoms with Crippen LogP contribution in [-0.4, -0.2) is 17.0 Å². The topological polar surface area (TPSA) is 57.6 Å². The number of rotatable bonds is 1. The number of carbonyl (C=O) groups is 2. The maximum atomic E-state index is 12.1. The Balaban J connectivity index is 2.18. The van der Waals surface area contributed by atoms with Crippen LogP contribution in [0.1, 0.15) is 34.0 Å². The number of hydrogen-bond acceptors (Lipinski definition) is 2. The molecule has 1 N–H and O–H groups in total. The van der Waals surface area contributed by atoms with Gasteiger partial charge in [-0.2, -0.15) is 0 Å². The predicted molar refractivity (Wildman–Crippen MR) is 90.6 cm³/mol. The molecule has 1 heterocycles. The van der Waals surface area contributed by atoms with E-state index in [0.29, 0.717) is 11.6 Å². The molecule has 4 nitrogen and oxygen atoms in total. The Hall–Kier alpha value is -2.59. The van der Waals surface area contributed by atoms with Crippen molar-refractivity contribution in [3.05, 3.63) is 63.7 Å². The van der Waals surface area contributed by atoms with E-state index in [1.807, 2.05) is 18.2 Å². The van der Waals surface area contributed by atoms with Crippen molar-refractivity contribution in [1.82, 2.24) is 0 Å². The fourth-order valence-corrected chi connectivity index (χ4v) is 2.83. The average Bonchev–Trinajstić information content (AvgIpc) is 2.49. The summed E-state index contributed by atoms with van der Waals surface area (Å²) in [5.74, 6) is -1.06. The first-order chi connectivity index (χ1) is 11.0. The van der Waals surface area contributed by atoms with Crippen LogP contribution in [0.3, 0.4) is 0 Å². The first-order valence-corrected chi connectivity index (χ1v) is 7.45. The number of anilines is 1. The van der Waals surface area contributed by atoms with E-state index in [4.69, 9.17) is 16.7 Å². The highest BCUT2D eigenvalue weighted by atomic mass is 35.5. The number of halogens is 1. The highest BCUT2D eigenvalue weighted by molar-refractivity contribution is 6.30. The van der Waals surface area contributed by atoms with Gasteiger partial charge in [-0.25, -0.2) is 4.79 Å². The standard InChI is InChI=1S/C18H14ClNO3/c1-11(21)20-10-15-5-4-14(18(22)23)8-12(15)2-3-13-9-16(19)6-7-17(13)20/h2-9H,10H2,1H3,(H,22,23). The van der Waals surface area contributed by atoms with Gasteiger partial charge in [0.15, 0.2) is 0 Å². The molecule has 0 aliphatic carbocycles. The van der Waals surface area contributed by atoms with Gasteiger partial charge in [0.1, 0.15) is 0 Å². The third kappa shape index (κ3) is 2.98. The highest BCUT2D eigenvalue weighted by Crippen LogP contribution is 2.31. The maximum Gasteiger partial charge on any atom is 0.335 e. The Morgan fingerprint density at radius 2 is 1.83 bits per heavy atom. The zero-order chi connectivity index (χ0) is 16.6. The molecule has 1 amide bonds. The predicted octanol–water partition coefficient (Wildman–Crippen LogP) is 4.08. The van der Waals surface area contributed by atoms with Crippen molar-refractivity contribution in [3.63, 3.8) is 0 Å². The summed E-state index contributed by atoms with van der Waals surface area (Å²) in [5, 5.41) is 9.72. The number of carboxylic acids is 1. The Morgan fingerprint density at radius 1 is 1.09 bits per heavy atom. The van der Waals surface area contributed by atoms with Gasteiger partial charge in [-0.05, 0) is 47.0 Å². The molecular formula is C18H14ClNO3. The second kappa shape index (κ2) is 5.89. The molecule has 0 aromatic heterocycles. The van der Waals surface area contributed by atoms with Gasteiger partial charge in [0.2, 0.25) is 5.91 Å². The van der Waals surface area contributed by atoms with Gasteiger partial charge in [-0.1, -0.05) is 29.8 Å². The normalized spacial score (nSPS) is 12.9. The molecule has 0 saturated heterocycles. The van der Waals surface area contributed by atoms with Crippen LogP contribution in [0, 0.1) is 0 Å². The highest BCUT2D eigenvalue weighted by Gasteiger charge is 2.19. The van der Waals surface area contributed by atoms with E-state index < -0.39 is 5.97 Å². The quantitative estimate of drug-likeness (QED) is 0.858. The number of nitrogens with zero attached hydrogens (tertiary/aromatic N) is 1. The number of fused-ring (bicyclic) bond motifs is 2. The molecule has 2 aromatic rings. The molecule has 3 rings (SSSR count). The fraction of sp³-hybridized carbons (Fsp3) is 0.111. The summed E-state index contributed by atoms with van der Waals surface area (Å²) in [5.41, 5.74) is 3.49. The molecule has 116 valence electrons. The number of benzene rings is 2. The van der Waals surface area contributed by atoms with Gasteiger partial charge in [-0.15, -0.1) is 0 Å². The van der Waals surface area contributed by atoms with Gasteiger partial charge in [0.05, 0.1) is 17.8 Å². The summed E-state index contributed by atoms with van der Waals surface area (Å²) in [6.45, 7) is 1.89. The van der Waals surface area contributed by atoms with E-state index in [1.165, 1.54) is 6.92 Å². The van der Waals surface area contributed by atoms with Crippen LogP contribution >= 0.6 is 11.6 Å². The van der Waals surface area contributed by atoms with Crippen molar-refractivity contribution in [2.75, 3.05) is 4.90 Å². The van der Waals surface area contributed by atoms with Crippen LogP contribution in [0.4, 0.5) is 5.69 Å². The van der Waals surface area contributed by atoms with Crippen LogP contribution < -0.4 is 4.90 Å². The molecule has 0 atom stereocenters. The number of carboxylic acid groups (broad SMARTS) is 1. The summed E-state index contributed by atoms with van der Waals surface area (Å²) in [4.78, 5) is 24.9. The van der Waals surface area contributed by atoms with Crippen molar-refractivity contribution in [2.45, 2.75) is 13.5 Å². The monoisotopic (exact) mass is 327 g/mol. The van der Waals surface area contributed by atoms with E-state index in [1.54, 1.807) is 35.2 Å². The lowest BCUT2D eigenvalue weighted by Crippen LogP contribution is -2.29. The Labute approximate surface area is 138 Å².